The molecule has 1 amide bonds. The van der Waals surface area contributed by atoms with Crippen molar-refractivity contribution in [2.75, 3.05) is 5.32 Å². The van der Waals surface area contributed by atoms with Crippen LogP contribution in [-0.4, -0.2) is 21.2 Å². The molecule has 6 nitrogen and oxygen atoms in total. The number of Topliss-reactive ketones (excluding diaryl/α,β-unsaturated/α-hetero) is 1. The first-order valence-corrected chi connectivity index (χ1v) is 10.1. The predicted octanol–water partition coefficient (Wildman–Crippen LogP) is 4.61. The fourth-order valence-electron chi connectivity index (χ4n) is 3.77. The summed E-state index contributed by atoms with van der Waals surface area (Å²) in [6.45, 7) is 8.60. The Morgan fingerprint density at radius 1 is 1.36 bits per heavy atom. The number of hydrogen-bond acceptors (Lipinski definition) is 5. The van der Waals surface area contributed by atoms with Crippen molar-refractivity contribution in [1.29, 1.82) is 0 Å². The van der Waals surface area contributed by atoms with Crippen LogP contribution >= 0.6 is 11.3 Å². The van der Waals surface area contributed by atoms with Crippen LogP contribution in [0.1, 0.15) is 63.1 Å². The van der Waals surface area contributed by atoms with E-state index in [1.807, 2.05) is 36.6 Å². The maximum Gasteiger partial charge on any atom is 0.259 e. The summed E-state index contributed by atoms with van der Waals surface area (Å²) in [5, 5.41) is 3.37. The van der Waals surface area contributed by atoms with E-state index in [0.29, 0.717) is 28.5 Å². The van der Waals surface area contributed by atoms with Gasteiger partial charge in [-0.3, -0.25) is 14.9 Å². The maximum absolute atomic E-state index is 12.9. The van der Waals surface area contributed by atoms with Gasteiger partial charge in [0.25, 0.3) is 5.91 Å². The number of nitrogens with one attached hydrogen (secondary N) is 1. The number of amides is 1. The molecule has 0 atom stereocenters. The van der Waals surface area contributed by atoms with Crippen LogP contribution in [0.15, 0.2) is 28.9 Å². The zero-order valence-electron chi connectivity index (χ0n) is 16.5. The van der Waals surface area contributed by atoms with Crippen LogP contribution in [0.3, 0.4) is 0 Å². The van der Waals surface area contributed by atoms with Gasteiger partial charge in [-0.05, 0) is 43.9 Å². The lowest BCUT2D eigenvalue weighted by Gasteiger charge is -2.26. The Bertz CT molecular complexity index is 1060. The molecule has 1 aliphatic rings. The van der Waals surface area contributed by atoms with Crippen molar-refractivity contribution in [2.45, 2.75) is 47.1 Å². The number of carbonyl (C=O) groups is 2. The van der Waals surface area contributed by atoms with E-state index in [4.69, 9.17) is 4.42 Å². The van der Waals surface area contributed by atoms with E-state index in [1.54, 1.807) is 6.26 Å². The number of aromatic nitrogens is 2. The molecule has 1 N–H and O–H groups in total. The molecule has 0 saturated heterocycles. The summed E-state index contributed by atoms with van der Waals surface area (Å²) in [5.41, 5.74) is 3.16. The Morgan fingerprint density at radius 3 is 2.86 bits per heavy atom. The second-order valence-corrected chi connectivity index (χ2v) is 9.14. The number of ketones is 1. The second kappa shape index (κ2) is 6.74. The third kappa shape index (κ3) is 3.42. The van der Waals surface area contributed by atoms with Crippen LogP contribution in [0.4, 0.5) is 5.13 Å². The first-order chi connectivity index (χ1) is 13.2. The van der Waals surface area contributed by atoms with Gasteiger partial charge in [0.1, 0.15) is 5.76 Å². The monoisotopic (exact) mass is 397 g/mol. The molecule has 3 aromatic rings. The topological polar surface area (TPSA) is 77.1 Å². The molecule has 0 aromatic carbocycles. The highest BCUT2D eigenvalue weighted by molar-refractivity contribution is 7.17. The number of rotatable bonds is 4. The van der Waals surface area contributed by atoms with Gasteiger partial charge in [0.05, 0.1) is 28.9 Å². The molecule has 146 valence electrons. The highest BCUT2D eigenvalue weighted by Crippen LogP contribution is 2.38. The van der Waals surface area contributed by atoms with E-state index in [0.717, 1.165) is 29.3 Å². The number of carbonyl (C=O) groups excluding carboxylic acids is 2. The van der Waals surface area contributed by atoms with Crippen LogP contribution < -0.4 is 5.32 Å². The van der Waals surface area contributed by atoms with Crippen LogP contribution in [-0.2, 0) is 13.0 Å². The zero-order valence-corrected chi connectivity index (χ0v) is 17.3. The van der Waals surface area contributed by atoms with E-state index in [9.17, 15) is 9.59 Å². The van der Waals surface area contributed by atoms with Gasteiger partial charge in [-0.25, -0.2) is 4.98 Å². The Labute approximate surface area is 167 Å². The number of aryl methyl sites for hydroxylation is 1. The Morgan fingerprint density at radius 2 is 2.14 bits per heavy atom. The summed E-state index contributed by atoms with van der Waals surface area (Å²) in [4.78, 5) is 30.4. The predicted molar refractivity (Wildman–Crippen MR) is 108 cm³/mol. The minimum atomic E-state index is -0.211. The molecular weight excluding hydrogens is 374 g/mol. The number of furan rings is 1. The molecule has 4 rings (SSSR count). The summed E-state index contributed by atoms with van der Waals surface area (Å²) < 4.78 is 7.47. The lowest BCUT2D eigenvalue weighted by Crippen LogP contribution is -2.26. The summed E-state index contributed by atoms with van der Waals surface area (Å²) in [6.07, 6.45) is 2.91. The number of anilines is 1. The second-order valence-electron chi connectivity index (χ2n) is 8.14. The largest absolute Gasteiger partial charge is 0.467 e. The van der Waals surface area contributed by atoms with Crippen molar-refractivity contribution in [3.63, 3.8) is 0 Å². The zero-order chi connectivity index (χ0) is 20.1. The summed E-state index contributed by atoms with van der Waals surface area (Å²) in [5.74, 6) is 0.736. The Hall–Kier alpha value is -2.67. The van der Waals surface area contributed by atoms with Crippen LogP contribution in [0.2, 0.25) is 0 Å². The van der Waals surface area contributed by atoms with Crippen molar-refractivity contribution in [2.24, 2.45) is 5.41 Å². The van der Waals surface area contributed by atoms with Gasteiger partial charge in [0.2, 0.25) is 0 Å². The molecule has 0 fully saturated rings. The molecule has 3 heterocycles. The van der Waals surface area contributed by atoms with Gasteiger partial charge < -0.3 is 8.98 Å². The van der Waals surface area contributed by atoms with E-state index in [2.05, 4.69) is 24.1 Å². The van der Waals surface area contributed by atoms with Crippen LogP contribution in [0.5, 0.6) is 0 Å². The fraction of sp³-hybridized carbons (Fsp3) is 0.381. The van der Waals surface area contributed by atoms with Crippen molar-refractivity contribution in [3.05, 3.63) is 57.7 Å². The lowest BCUT2D eigenvalue weighted by atomic mass is 9.78. The van der Waals surface area contributed by atoms with Crippen molar-refractivity contribution >= 4 is 28.2 Å². The number of hydrogen-bond donors (Lipinski definition) is 1. The molecule has 0 unspecified atom stereocenters. The standard InChI is InChI=1S/C21H23N3O3S/c1-12-8-15(13(2)24(12)11-14-6-5-7-27-14)19(26)23-20-22-16-9-21(3,4)10-17(25)18(16)28-20/h5-8H,9-11H2,1-4H3,(H,22,23,26). The van der Waals surface area contributed by atoms with Gasteiger partial charge in [0.15, 0.2) is 10.9 Å². The van der Waals surface area contributed by atoms with Crippen LogP contribution in [0.25, 0.3) is 0 Å². The lowest BCUT2D eigenvalue weighted by molar-refractivity contribution is 0.0915. The molecule has 0 saturated carbocycles. The van der Waals surface area contributed by atoms with Gasteiger partial charge in [0, 0.05) is 17.8 Å². The molecule has 0 radical (unpaired) electrons. The van der Waals surface area contributed by atoms with Gasteiger partial charge >= 0.3 is 0 Å². The third-order valence-electron chi connectivity index (χ3n) is 5.17. The van der Waals surface area contributed by atoms with Gasteiger partial charge in [-0.2, -0.15) is 0 Å². The van der Waals surface area contributed by atoms with Crippen molar-refractivity contribution in [1.82, 2.24) is 9.55 Å². The minimum absolute atomic E-state index is 0.0871. The van der Waals surface area contributed by atoms with E-state index < -0.39 is 0 Å². The Kier molecular flexibility index (Phi) is 4.50. The number of thiazole rings is 1. The number of fused-ring (bicyclic) bond motifs is 1. The van der Waals surface area contributed by atoms with E-state index in [1.165, 1.54) is 11.3 Å². The fourth-order valence-corrected chi connectivity index (χ4v) is 4.69. The van der Waals surface area contributed by atoms with Crippen LogP contribution in [0, 0.1) is 19.3 Å². The molecule has 3 aromatic heterocycles. The molecule has 7 heteroatoms. The first-order valence-electron chi connectivity index (χ1n) is 9.27. The number of nitrogens with zero attached hydrogens (tertiary/aromatic N) is 2. The minimum Gasteiger partial charge on any atom is -0.467 e. The average Bonchev–Trinajstić information content (AvgIpc) is 3.30. The quantitative estimate of drug-likeness (QED) is 0.697. The SMILES string of the molecule is Cc1cc(C(=O)Nc2nc3c(s2)C(=O)CC(C)(C)C3)c(C)n1Cc1ccco1. The molecule has 0 aliphatic heterocycles. The molecule has 28 heavy (non-hydrogen) atoms. The molecule has 1 aliphatic carbocycles. The highest BCUT2D eigenvalue weighted by Gasteiger charge is 2.34. The maximum atomic E-state index is 12.9. The molecular formula is C21H23N3O3S. The van der Waals surface area contributed by atoms with E-state index >= 15 is 0 Å². The summed E-state index contributed by atoms with van der Waals surface area (Å²) in [7, 11) is 0. The van der Waals surface area contributed by atoms with Crippen molar-refractivity contribution in [3.8, 4) is 0 Å². The Balaban J connectivity index is 1.56. The summed E-state index contributed by atoms with van der Waals surface area (Å²) in [6, 6.07) is 5.64. The van der Waals surface area contributed by atoms with E-state index in [-0.39, 0.29) is 17.1 Å². The smallest absolute Gasteiger partial charge is 0.259 e. The van der Waals surface area contributed by atoms with Crippen molar-refractivity contribution < 1.29 is 14.0 Å². The molecule has 0 spiro atoms. The highest BCUT2D eigenvalue weighted by atomic mass is 32.1. The molecule has 0 bridgehead atoms. The third-order valence-corrected chi connectivity index (χ3v) is 6.22. The summed E-state index contributed by atoms with van der Waals surface area (Å²) >= 11 is 1.27. The van der Waals surface area contributed by atoms with Gasteiger partial charge in [-0.1, -0.05) is 25.2 Å². The normalized spacial score (nSPS) is 15.5. The van der Waals surface area contributed by atoms with Gasteiger partial charge in [-0.15, -0.1) is 0 Å². The average molecular weight is 398 g/mol. The first kappa shape index (κ1) is 18.7.